The quantitative estimate of drug-likeness (QED) is 0.595. The number of rotatable bonds is 6. The third-order valence-corrected chi connectivity index (χ3v) is 4.00. The lowest BCUT2D eigenvalue weighted by Crippen LogP contribution is -2.12. The van der Waals surface area contributed by atoms with E-state index in [1.165, 1.54) is 0 Å². The zero-order chi connectivity index (χ0) is 15.3. The molecule has 0 spiro atoms. The van der Waals surface area contributed by atoms with Crippen LogP contribution in [0.15, 0.2) is 23.1 Å². The standard InChI is InChI=1S/C13H16ClFO4S/c1-3-4-9(2)8-19-13(16)10-5-11(15)7-12(6-10)20(14,17)18/h5-7,9H,3-4,8H2,1-2H3. The van der Waals surface area contributed by atoms with Crippen molar-refractivity contribution in [3.8, 4) is 0 Å². The van der Waals surface area contributed by atoms with Crippen molar-refractivity contribution in [2.24, 2.45) is 5.92 Å². The van der Waals surface area contributed by atoms with Crippen LogP contribution in [0.4, 0.5) is 4.39 Å². The van der Waals surface area contributed by atoms with E-state index in [9.17, 15) is 17.6 Å². The Kier molecular flexibility index (Phi) is 5.95. The van der Waals surface area contributed by atoms with E-state index < -0.39 is 25.7 Å². The summed E-state index contributed by atoms with van der Waals surface area (Å²) in [7, 11) is 1.03. The van der Waals surface area contributed by atoms with Gasteiger partial charge in [-0.05, 0) is 30.5 Å². The van der Waals surface area contributed by atoms with E-state index in [1.807, 2.05) is 13.8 Å². The van der Waals surface area contributed by atoms with Crippen molar-refractivity contribution in [1.29, 1.82) is 0 Å². The Morgan fingerprint density at radius 2 is 2.05 bits per heavy atom. The predicted octanol–water partition coefficient (Wildman–Crippen LogP) is 3.35. The molecule has 112 valence electrons. The Morgan fingerprint density at radius 1 is 1.40 bits per heavy atom. The predicted molar refractivity (Wildman–Crippen MR) is 73.8 cm³/mol. The largest absolute Gasteiger partial charge is 0.462 e. The number of ether oxygens (including phenoxy) is 1. The molecule has 0 aliphatic rings. The maximum absolute atomic E-state index is 13.3. The van der Waals surface area contributed by atoms with Crippen LogP contribution in [0.25, 0.3) is 0 Å². The third kappa shape index (κ3) is 5.09. The van der Waals surface area contributed by atoms with Crippen molar-refractivity contribution < 1.29 is 22.3 Å². The summed E-state index contributed by atoms with van der Waals surface area (Å²) < 4.78 is 40.6. The maximum Gasteiger partial charge on any atom is 0.338 e. The summed E-state index contributed by atoms with van der Waals surface area (Å²) in [5.41, 5.74) is -0.173. The molecule has 0 radical (unpaired) electrons. The number of esters is 1. The highest BCUT2D eigenvalue weighted by atomic mass is 35.7. The molecule has 0 saturated carbocycles. The zero-order valence-corrected chi connectivity index (χ0v) is 12.8. The molecular weight excluding hydrogens is 307 g/mol. The molecule has 1 aromatic rings. The van der Waals surface area contributed by atoms with Crippen molar-refractivity contribution >= 4 is 25.7 Å². The van der Waals surface area contributed by atoms with Crippen LogP contribution >= 0.6 is 10.7 Å². The number of benzene rings is 1. The Balaban J connectivity index is 2.86. The molecule has 0 amide bonds. The highest BCUT2D eigenvalue weighted by Gasteiger charge is 2.17. The third-order valence-electron chi connectivity index (χ3n) is 2.67. The van der Waals surface area contributed by atoms with Gasteiger partial charge in [-0.25, -0.2) is 17.6 Å². The maximum atomic E-state index is 13.3. The molecule has 0 aliphatic heterocycles. The minimum atomic E-state index is -4.10. The topological polar surface area (TPSA) is 60.4 Å². The summed E-state index contributed by atoms with van der Waals surface area (Å²) >= 11 is 0. The summed E-state index contributed by atoms with van der Waals surface area (Å²) in [6.07, 6.45) is 1.87. The SMILES string of the molecule is CCCC(C)COC(=O)c1cc(F)cc(S(=O)(=O)Cl)c1. The number of carbonyl (C=O) groups is 1. The molecule has 0 heterocycles. The second-order valence-corrected chi connectivity index (χ2v) is 7.17. The highest BCUT2D eigenvalue weighted by Crippen LogP contribution is 2.19. The van der Waals surface area contributed by atoms with Gasteiger partial charge >= 0.3 is 5.97 Å². The van der Waals surface area contributed by atoms with Gasteiger partial charge in [0.25, 0.3) is 9.05 Å². The van der Waals surface area contributed by atoms with Crippen LogP contribution in [0.5, 0.6) is 0 Å². The molecule has 0 N–H and O–H groups in total. The van der Waals surface area contributed by atoms with E-state index in [2.05, 4.69) is 0 Å². The first-order chi connectivity index (χ1) is 9.24. The molecule has 0 fully saturated rings. The van der Waals surface area contributed by atoms with Gasteiger partial charge in [0, 0.05) is 10.7 Å². The first kappa shape index (κ1) is 16.9. The van der Waals surface area contributed by atoms with E-state index >= 15 is 0 Å². The Labute approximate surface area is 122 Å². The van der Waals surface area contributed by atoms with E-state index in [-0.39, 0.29) is 18.1 Å². The smallest absolute Gasteiger partial charge is 0.338 e. The average molecular weight is 323 g/mol. The number of hydrogen-bond acceptors (Lipinski definition) is 4. The van der Waals surface area contributed by atoms with Gasteiger partial charge in [-0.3, -0.25) is 0 Å². The molecule has 1 unspecified atom stereocenters. The van der Waals surface area contributed by atoms with Crippen LogP contribution < -0.4 is 0 Å². The van der Waals surface area contributed by atoms with Gasteiger partial charge in [0.05, 0.1) is 17.1 Å². The fraction of sp³-hybridized carbons (Fsp3) is 0.462. The van der Waals surface area contributed by atoms with E-state index in [1.54, 1.807) is 0 Å². The van der Waals surface area contributed by atoms with Crippen molar-refractivity contribution in [3.05, 3.63) is 29.6 Å². The van der Waals surface area contributed by atoms with Gasteiger partial charge in [-0.15, -0.1) is 0 Å². The van der Waals surface area contributed by atoms with Crippen LogP contribution in [-0.4, -0.2) is 21.0 Å². The number of halogens is 2. The van der Waals surface area contributed by atoms with Crippen LogP contribution in [0.2, 0.25) is 0 Å². The lowest BCUT2D eigenvalue weighted by Gasteiger charge is -2.11. The molecule has 0 aliphatic carbocycles. The summed E-state index contributed by atoms with van der Waals surface area (Å²) in [5, 5.41) is 0. The van der Waals surface area contributed by atoms with Crippen LogP contribution in [-0.2, 0) is 13.8 Å². The molecule has 1 aromatic carbocycles. The fourth-order valence-corrected chi connectivity index (χ4v) is 2.49. The molecule has 7 heteroatoms. The Hall–Kier alpha value is -1.14. The van der Waals surface area contributed by atoms with Crippen molar-refractivity contribution in [2.75, 3.05) is 6.61 Å². The van der Waals surface area contributed by atoms with Crippen molar-refractivity contribution in [2.45, 2.75) is 31.6 Å². The molecule has 1 atom stereocenters. The van der Waals surface area contributed by atoms with Gasteiger partial charge in [-0.1, -0.05) is 20.3 Å². The molecule has 0 bridgehead atoms. The Bertz CT molecular complexity index is 586. The van der Waals surface area contributed by atoms with E-state index in [0.717, 1.165) is 31.0 Å². The van der Waals surface area contributed by atoms with Gasteiger partial charge in [-0.2, -0.15) is 0 Å². The summed E-state index contributed by atoms with van der Waals surface area (Å²) in [5.74, 6) is -1.44. The van der Waals surface area contributed by atoms with E-state index in [4.69, 9.17) is 15.4 Å². The van der Waals surface area contributed by atoms with Gasteiger partial charge < -0.3 is 4.74 Å². The number of hydrogen-bond donors (Lipinski definition) is 0. The Morgan fingerprint density at radius 3 is 2.60 bits per heavy atom. The van der Waals surface area contributed by atoms with Gasteiger partial charge in [0.15, 0.2) is 0 Å². The summed E-state index contributed by atoms with van der Waals surface area (Å²) in [4.78, 5) is 11.3. The normalized spacial score (nSPS) is 13.0. The lowest BCUT2D eigenvalue weighted by molar-refractivity contribution is 0.0443. The summed E-state index contributed by atoms with van der Waals surface area (Å²) in [6, 6.07) is 2.66. The molecule has 0 saturated heterocycles. The van der Waals surface area contributed by atoms with Crippen LogP contribution in [0.3, 0.4) is 0 Å². The van der Waals surface area contributed by atoms with Crippen LogP contribution in [0.1, 0.15) is 37.0 Å². The average Bonchev–Trinajstić information content (AvgIpc) is 2.34. The van der Waals surface area contributed by atoms with Gasteiger partial charge in [0.1, 0.15) is 5.82 Å². The molecule has 0 aromatic heterocycles. The fourth-order valence-electron chi connectivity index (χ4n) is 1.70. The highest BCUT2D eigenvalue weighted by molar-refractivity contribution is 8.13. The van der Waals surface area contributed by atoms with Crippen molar-refractivity contribution in [1.82, 2.24) is 0 Å². The first-order valence-corrected chi connectivity index (χ1v) is 8.47. The van der Waals surface area contributed by atoms with Crippen LogP contribution in [0, 0.1) is 11.7 Å². The van der Waals surface area contributed by atoms with E-state index in [0.29, 0.717) is 0 Å². The lowest BCUT2D eigenvalue weighted by atomic mass is 10.1. The molecule has 1 rings (SSSR count). The summed E-state index contributed by atoms with van der Waals surface area (Å²) in [6.45, 7) is 4.14. The molecule has 4 nitrogen and oxygen atoms in total. The second kappa shape index (κ2) is 7.04. The first-order valence-electron chi connectivity index (χ1n) is 6.16. The monoisotopic (exact) mass is 322 g/mol. The molecular formula is C13H16ClFO4S. The second-order valence-electron chi connectivity index (χ2n) is 4.61. The minimum Gasteiger partial charge on any atom is -0.462 e. The van der Waals surface area contributed by atoms with Gasteiger partial charge in [0.2, 0.25) is 0 Å². The molecule has 20 heavy (non-hydrogen) atoms. The van der Waals surface area contributed by atoms with Crippen molar-refractivity contribution in [3.63, 3.8) is 0 Å². The minimum absolute atomic E-state index is 0.173. The number of carbonyl (C=O) groups excluding carboxylic acids is 1. The zero-order valence-electron chi connectivity index (χ0n) is 11.2.